The molecule has 0 bridgehead atoms. The average molecular weight is 383 g/mol. The molecule has 4 heterocycles. The number of carbonyl (C=O) groups is 2. The number of aromatic nitrogens is 4. The van der Waals surface area contributed by atoms with E-state index in [9.17, 15) is 9.59 Å². The van der Waals surface area contributed by atoms with Crippen molar-refractivity contribution in [2.24, 2.45) is 5.92 Å². The number of nitrogens with zero attached hydrogens (tertiary/aromatic N) is 5. The molecule has 9 nitrogen and oxygen atoms in total. The summed E-state index contributed by atoms with van der Waals surface area (Å²) in [4.78, 5) is 34.8. The molecule has 0 radical (unpaired) electrons. The number of amides is 2. The third kappa shape index (κ3) is 3.83. The van der Waals surface area contributed by atoms with Crippen molar-refractivity contribution in [1.29, 1.82) is 0 Å². The molecule has 4 rings (SSSR count). The lowest BCUT2D eigenvalue weighted by atomic mass is 9.94. The lowest BCUT2D eigenvalue weighted by Gasteiger charge is -2.24. The molecule has 9 heteroatoms. The number of fused-ring (bicyclic) bond motifs is 1. The molecule has 1 saturated heterocycles. The number of hydrogen-bond donors (Lipinski definition) is 2. The fourth-order valence-electron chi connectivity index (χ4n) is 3.93. The van der Waals surface area contributed by atoms with Crippen molar-refractivity contribution in [2.75, 3.05) is 29.9 Å². The maximum atomic E-state index is 13.0. The fraction of sp³-hybridized carbons (Fsp3) is 0.526. The van der Waals surface area contributed by atoms with Crippen LogP contribution in [0, 0.1) is 5.92 Å². The van der Waals surface area contributed by atoms with Gasteiger partial charge in [-0.05, 0) is 31.6 Å². The fourth-order valence-corrected chi connectivity index (χ4v) is 3.93. The number of aryl methyl sites for hydroxylation is 1. The molecule has 2 aliphatic heterocycles. The van der Waals surface area contributed by atoms with E-state index in [0.29, 0.717) is 30.1 Å². The SMILES string of the molecule is CC(=O)NCC1CCn2ncc(C(=O)Nc3cncnc3N3CCCC3)c2C1. The van der Waals surface area contributed by atoms with Crippen molar-refractivity contribution >= 4 is 23.3 Å². The zero-order valence-corrected chi connectivity index (χ0v) is 16.0. The van der Waals surface area contributed by atoms with Crippen LogP contribution in [0.1, 0.15) is 42.2 Å². The van der Waals surface area contributed by atoms with Gasteiger partial charge in [-0.15, -0.1) is 0 Å². The molecule has 2 N–H and O–H groups in total. The molecule has 28 heavy (non-hydrogen) atoms. The van der Waals surface area contributed by atoms with E-state index in [1.54, 1.807) is 12.4 Å². The van der Waals surface area contributed by atoms with Gasteiger partial charge >= 0.3 is 0 Å². The van der Waals surface area contributed by atoms with Crippen LogP contribution in [0.25, 0.3) is 0 Å². The second-order valence-corrected chi connectivity index (χ2v) is 7.43. The molecular weight excluding hydrogens is 358 g/mol. The van der Waals surface area contributed by atoms with E-state index in [0.717, 1.165) is 50.4 Å². The summed E-state index contributed by atoms with van der Waals surface area (Å²) in [5, 5.41) is 10.2. The summed E-state index contributed by atoms with van der Waals surface area (Å²) in [6, 6.07) is 0. The van der Waals surface area contributed by atoms with E-state index >= 15 is 0 Å². The van der Waals surface area contributed by atoms with Gasteiger partial charge in [0.05, 0.1) is 23.7 Å². The van der Waals surface area contributed by atoms with E-state index in [1.807, 2.05) is 4.68 Å². The van der Waals surface area contributed by atoms with Crippen LogP contribution < -0.4 is 15.5 Å². The second kappa shape index (κ2) is 7.95. The Labute approximate surface area is 163 Å². The van der Waals surface area contributed by atoms with Crippen LogP contribution in [0.5, 0.6) is 0 Å². The summed E-state index contributed by atoms with van der Waals surface area (Å²) in [5.74, 6) is 0.845. The first-order valence-electron chi connectivity index (χ1n) is 9.77. The first-order valence-corrected chi connectivity index (χ1v) is 9.77. The third-order valence-corrected chi connectivity index (χ3v) is 5.41. The molecule has 0 aromatic carbocycles. The Hall–Kier alpha value is -2.97. The molecule has 2 aromatic heterocycles. The van der Waals surface area contributed by atoms with Gasteiger partial charge < -0.3 is 15.5 Å². The van der Waals surface area contributed by atoms with Crippen molar-refractivity contribution in [3.63, 3.8) is 0 Å². The van der Waals surface area contributed by atoms with E-state index in [1.165, 1.54) is 13.3 Å². The maximum absolute atomic E-state index is 13.0. The smallest absolute Gasteiger partial charge is 0.259 e. The number of nitrogens with one attached hydrogen (secondary N) is 2. The van der Waals surface area contributed by atoms with Crippen LogP contribution in [0.3, 0.4) is 0 Å². The zero-order chi connectivity index (χ0) is 19.5. The quantitative estimate of drug-likeness (QED) is 0.804. The highest BCUT2D eigenvalue weighted by molar-refractivity contribution is 6.06. The zero-order valence-electron chi connectivity index (χ0n) is 16.0. The molecule has 1 atom stereocenters. The summed E-state index contributed by atoms with van der Waals surface area (Å²) in [7, 11) is 0. The number of carbonyl (C=O) groups excluding carboxylic acids is 2. The van der Waals surface area contributed by atoms with Crippen LogP contribution in [-0.2, 0) is 17.8 Å². The Kier molecular flexibility index (Phi) is 5.23. The van der Waals surface area contributed by atoms with Gasteiger partial charge in [0.15, 0.2) is 5.82 Å². The molecular formula is C19H25N7O2. The van der Waals surface area contributed by atoms with Crippen LogP contribution >= 0.6 is 0 Å². The lowest BCUT2D eigenvalue weighted by Crippen LogP contribution is -2.32. The largest absolute Gasteiger partial charge is 0.356 e. The Morgan fingerprint density at radius 3 is 2.82 bits per heavy atom. The summed E-state index contributed by atoms with van der Waals surface area (Å²) in [6.45, 7) is 4.77. The standard InChI is InChI=1S/C19H25N7O2/c1-13(27)21-9-14-4-7-26-17(8-14)15(10-23-26)19(28)24-16-11-20-12-22-18(16)25-5-2-3-6-25/h10-12,14H,2-9H2,1H3,(H,21,27)(H,24,28). The van der Waals surface area contributed by atoms with E-state index in [4.69, 9.17) is 0 Å². The Morgan fingerprint density at radius 2 is 2.04 bits per heavy atom. The second-order valence-electron chi connectivity index (χ2n) is 7.43. The first-order chi connectivity index (χ1) is 13.6. The minimum absolute atomic E-state index is 0.0319. The summed E-state index contributed by atoms with van der Waals surface area (Å²) >= 11 is 0. The predicted molar refractivity (Wildman–Crippen MR) is 104 cm³/mol. The molecule has 1 unspecified atom stereocenters. The van der Waals surface area contributed by atoms with Gasteiger partial charge in [0.1, 0.15) is 12.0 Å². The highest BCUT2D eigenvalue weighted by Gasteiger charge is 2.26. The van der Waals surface area contributed by atoms with E-state index in [-0.39, 0.29) is 11.8 Å². The molecule has 2 aromatic rings. The molecule has 2 amide bonds. The van der Waals surface area contributed by atoms with Gasteiger partial charge in [-0.3, -0.25) is 14.3 Å². The molecule has 0 spiro atoms. The number of anilines is 2. The molecule has 1 fully saturated rings. The van der Waals surface area contributed by atoms with Crippen LogP contribution in [-0.4, -0.2) is 51.2 Å². The Bertz CT molecular complexity index is 873. The average Bonchev–Trinajstić information content (AvgIpc) is 3.36. The highest BCUT2D eigenvalue weighted by atomic mass is 16.2. The van der Waals surface area contributed by atoms with Gasteiger partial charge in [0, 0.05) is 33.1 Å². The molecule has 0 saturated carbocycles. The van der Waals surface area contributed by atoms with Gasteiger partial charge in [-0.25, -0.2) is 9.97 Å². The normalized spacial score (nSPS) is 18.6. The summed E-state index contributed by atoms with van der Waals surface area (Å²) < 4.78 is 1.89. The number of hydrogen-bond acceptors (Lipinski definition) is 6. The highest BCUT2D eigenvalue weighted by Crippen LogP contribution is 2.27. The van der Waals surface area contributed by atoms with E-state index in [2.05, 4.69) is 30.6 Å². The van der Waals surface area contributed by atoms with Gasteiger partial charge in [0.2, 0.25) is 5.91 Å². The third-order valence-electron chi connectivity index (χ3n) is 5.41. The molecule has 0 aliphatic carbocycles. The Balaban J connectivity index is 1.50. The molecule has 148 valence electrons. The predicted octanol–water partition coefficient (Wildman–Crippen LogP) is 1.22. The van der Waals surface area contributed by atoms with Gasteiger partial charge in [0.25, 0.3) is 5.91 Å². The van der Waals surface area contributed by atoms with Crippen molar-refractivity contribution in [3.8, 4) is 0 Å². The van der Waals surface area contributed by atoms with Crippen molar-refractivity contribution < 1.29 is 9.59 Å². The summed E-state index contributed by atoms with van der Waals surface area (Å²) in [6.07, 6.45) is 8.69. The number of rotatable bonds is 5. The van der Waals surface area contributed by atoms with Crippen molar-refractivity contribution in [1.82, 2.24) is 25.1 Å². The molecule has 2 aliphatic rings. The van der Waals surface area contributed by atoms with Gasteiger partial charge in [-0.1, -0.05) is 0 Å². The topological polar surface area (TPSA) is 105 Å². The van der Waals surface area contributed by atoms with Crippen LogP contribution in [0.15, 0.2) is 18.7 Å². The monoisotopic (exact) mass is 383 g/mol. The van der Waals surface area contributed by atoms with Crippen LogP contribution in [0.2, 0.25) is 0 Å². The van der Waals surface area contributed by atoms with Crippen molar-refractivity contribution in [2.45, 2.75) is 39.2 Å². The van der Waals surface area contributed by atoms with Crippen molar-refractivity contribution in [3.05, 3.63) is 30.0 Å². The summed E-state index contributed by atoms with van der Waals surface area (Å²) in [5.41, 5.74) is 2.11. The van der Waals surface area contributed by atoms with E-state index < -0.39 is 0 Å². The minimum atomic E-state index is -0.198. The maximum Gasteiger partial charge on any atom is 0.259 e. The van der Waals surface area contributed by atoms with Crippen LogP contribution in [0.4, 0.5) is 11.5 Å². The Morgan fingerprint density at radius 1 is 1.21 bits per heavy atom. The van der Waals surface area contributed by atoms with Gasteiger partial charge in [-0.2, -0.15) is 5.10 Å². The minimum Gasteiger partial charge on any atom is -0.356 e. The first kappa shape index (κ1) is 18.4. The lowest BCUT2D eigenvalue weighted by molar-refractivity contribution is -0.119.